The second-order valence-electron chi connectivity index (χ2n) is 5.14. The third kappa shape index (κ3) is 2.63. The van der Waals surface area contributed by atoms with Crippen LogP contribution in [-0.2, 0) is 0 Å². The summed E-state index contributed by atoms with van der Waals surface area (Å²) in [5, 5.41) is 4.11. The van der Waals surface area contributed by atoms with Gasteiger partial charge in [-0.05, 0) is 52.7 Å². The predicted molar refractivity (Wildman–Crippen MR) is 78.9 cm³/mol. The zero-order valence-electron chi connectivity index (χ0n) is 10.4. The van der Waals surface area contributed by atoms with E-state index in [0.717, 1.165) is 16.8 Å². The predicted octanol–water partition coefficient (Wildman–Crippen LogP) is 3.38. The standard InChI is InChI=1S/C15H15BrN2O/c16-14-4-2-1-3-13(14)15(19)18-17-9-12-8-10-5-6-11(12)7-10/h1-6,9-12H,7-8H2,(H,18,19)/b17-9+. The fourth-order valence-electron chi connectivity index (χ4n) is 2.89. The number of hydrogen-bond acceptors (Lipinski definition) is 2. The Balaban J connectivity index is 1.59. The molecule has 19 heavy (non-hydrogen) atoms. The average Bonchev–Trinajstić information content (AvgIpc) is 3.01. The van der Waals surface area contributed by atoms with Crippen molar-refractivity contribution in [3.63, 3.8) is 0 Å². The van der Waals surface area contributed by atoms with E-state index in [1.165, 1.54) is 6.42 Å². The van der Waals surface area contributed by atoms with Crippen molar-refractivity contribution in [1.82, 2.24) is 5.43 Å². The van der Waals surface area contributed by atoms with Crippen molar-refractivity contribution in [3.05, 3.63) is 46.5 Å². The monoisotopic (exact) mass is 318 g/mol. The van der Waals surface area contributed by atoms with Crippen molar-refractivity contribution < 1.29 is 4.79 Å². The van der Waals surface area contributed by atoms with E-state index in [-0.39, 0.29) is 5.91 Å². The van der Waals surface area contributed by atoms with Crippen LogP contribution in [0.5, 0.6) is 0 Å². The maximum absolute atomic E-state index is 11.9. The molecule has 1 fully saturated rings. The third-order valence-corrected chi connectivity index (χ3v) is 4.57. The van der Waals surface area contributed by atoms with Gasteiger partial charge in [0.1, 0.15) is 0 Å². The number of rotatable bonds is 3. The van der Waals surface area contributed by atoms with E-state index >= 15 is 0 Å². The number of benzene rings is 1. The molecule has 0 aromatic heterocycles. The van der Waals surface area contributed by atoms with E-state index in [9.17, 15) is 4.79 Å². The molecule has 1 amide bonds. The van der Waals surface area contributed by atoms with Gasteiger partial charge in [0.05, 0.1) is 5.56 Å². The van der Waals surface area contributed by atoms with Gasteiger partial charge in [-0.15, -0.1) is 0 Å². The summed E-state index contributed by atoms with van der Waals surface area (Å²) in [5.74, 6) is 1.64. The van der Waals surface area contributed by atoms with Crippen LogP contribution in [0.4, 0.5) is 0 Å². The van der Waals surface area contributed by atoms with E-state index in [0.29, 0.717) is 17.4 Å². The molecule has 1 aromatic carbocycles. The summed E-state index contributed by atoms with van der Waals surface area (Å²) in [5.41, 5.74) is 3.21. The minimum atomic E-state index is -0.178. The van der Waals surface area contributed by atoms with E-state index in [2.05, 4.69) is 38.6 Å². The Bertz CT molecular complexity index is 553. The smallest absolute Gasteiger partial charge is 0.267 e. The van der Waals surface area contributed by atoms with Crippen molar-refractivity contribution in [2.24, 2.45) is 22.9 Å². The number of nitrogens with zero attached hydrogens (tertiary/aromatic N) is 1. The Morgan fingerprint density at radius 2 is 2.16 bits per heavy atom. The number of allylic oxidation sites excluding steroid dienone is 2. The minimum absolute atomic E-state index is 0.178. The first kappa shape index (κ1) is 12.6. The summed E-state index contributed by atoms with van der Waals surface area (Å²) in [6.45, 7) is 0. The van der Waals surface area contributed by atoms with Crippen LogP contribution >= 0.6 is 15.9 Å². The summed E-state index contributed by atoms with van der Waals surface area (Å²) in [4.78, 5) is 11.9. The van der Waals surface area contributed by atoms with Gasteiger partial charge in [0.2, 0.25) is 0 Å². The number of amides is 1. The lowest BCUT2D eigenvalue weighted by Crippen LogP contribution is -2.19. The third-order valence-electron chi connectivity index (χ3n) is 3.88. The molecule has 3 unspecified atom stereocenters. The molecular formula is C15H15BrN2O. The highest BCUT2D eigenvalue weighted by Gasteiger charge is 2.34. The van der Waals surface area contributed by atoms with Gasteiger partial charge < -0.3 is 0 Å². The second kappa shape index (κ2) is 5.29. The fraction of sp³-hybridized carbons (Fsp3) is 0.333. The Morgan fingerprint density at radius 3 is 2.84 bits per heavy atom. The maximum Gasteiger partial charge on any atom is 0.272 e. The molecular weight excluding hydrogens is 304 g/mol. The first-order chi connectivity index (χ1) is 9.24. The molecule has 3 nitrogen and oxygen atoms in total. The van der Waals surface area contributed by atoms with Crippen molar-refractivity contribution in [2.75, 3.05) is 0 Å². The van der Waals surface area contributed by atoms with E-state index < -0.39 is 0 Å². The SMILES string of the molecule is O=C(N/N=C/C1CC2C=CC1C2)c1ccccc1Br. The second-order valence-corrected chi connectivity index (χ2v) is 6.00. The highest BCUT2D eigenvalue weighted by Crippen LogP contribution is 2.42. The highest BCUT2D eigenvalue weighted by molar-refractivity contribution is 9.10. The molecule has 2 aliphatic rings. The molecule has 1 N–H and O–H groups in total. The van der Waals surface area contributed by atoms with Crippen LogP contribution in [0.2, 0.25) is 0 Å². The van der Waals surface area contributed by atoms with Crippen molar-refractivity contribution in [1.29, 1.82) is 0 Å². The lowest BCUT2D eigenvalue weighted by atomic mass is 9.95. The molecule has 3 atom stereocenters. The van der Waals surface area contributed by atoms with Crippen LogP contribution in [0.1, 0.15) is 23.2 Å². The van der Waals surface area contributed by atoms with Gasteiger partial charge >= 0.3 is 0 Å². The highest BCUT2D eigenvalue weighted by atomic mass is 79.9. The van der Waals surface area contributed by atoms with E-state index in [1.54, 1.807) is 6.07 Å². The number of halogens is 1. The molecule has 1 saturated carbocycles. The van der Waals surface area contributed by atoms with E-state index in [4.69, 9.17) is 0 Å². The summed E-state index contributed by atoms with van der Waals surface area (Å²) >= 11 is 3.36. The summed E-state index contributed by atoms with van der Waals surface area (Å²) in [7, 11) is 0. The van der Waals surface area contributed by atoms with Crippen LogP contribution in [0.15, 0.2) is 46.0 Å². The normalized spacial score (nSPS) is 28.2. The molecule has 0 saturated heterocycles. The molecule has 3 rings (SSSR count). The fourth-order valence-corrected chi connectivity index (χ4v) is 3.36. The largest absolute Gasteiger partial charge is 0.272 e. The molecule has 2 bridgehead atoms. The van der Waals surface area contributed by atoms with Gasteiger partial charge in [-0.3, -0.25) is 4.79 Å². The van der Waals surface area contributed by atoms with Crippen LogP contribution in [0.3, 0.4) is 0 Å². The first-order valence-electron chi connectivity index (χ1n) is 6.50. The van der Waals surface area contributed by atoms with Crippen LogP contribution in [-0.4, -0.2) is 12.1 Å². The zero-order chi connectivity index (χ0) is 13.2. The molecule has 98 valence electrons. The molecule has 2 aliphatic carbocycles. The molecule has 0 aliphatic heterocycles. The van der Waals surface area contributed by atoms with Crippen molar-refractivity contribution in [2.45, 2.75) is 12.8 Å². The number of nitrogens with one attached hydrogen (secondary N) is 1. The summed E-state index contributed by atoms with van der Waals surface area (Å²) in [6, 6.07) is 7.34. The van der Waals surface area contributed by atoms with Crippen LogP contribution in [0.25, 0.3) is 0 Å². The Hall–Kier alpha value is -1.42. The number of fused-ring (bicyclic) bond motifs is 2. The van der Waals surface area contributed by atoms with Crippen molar-refractivity contribution >= 4 is 28.1 Å². The topological polar surface area (TPSA) is 41.5 Å². The lowest BCUT2D eigenvalue weighted by molar-refractivity contribution is 0.0954. The zero-order valence-corrected chi connectivity index (χ0v) is 12.0. The van der Waals surface area contributed by atoms with Gasteiger partial charge in [0.15, 0.2) is 0 Å². The first-order valence-corrected chi connectivity index (χ1v) is 7.29. The van der Waals surface area contributed by atoms with Gasteiger partial charge in [-0.1, -0.05) is 24.3 Å². The van der Waals surface area contributed by atoms with Crippen LogP contribution < -0.4 is 5.43 Å². The lowest BCUT2D eigenvalue weighted by Gasteiger charge is -2.12. The number of hydrazone groups is 1. The van der Waals surface area contributed by atoms with Crippen LogP contribution in [0, 0.1) is 17.8 Å². The van der Waals surface area contributed by atoms with Crippen molar-refractivity contribution in [3.8, 4) is 0 Å². The Morgan fingerprint density at radius 1 is 1.32 bits per heavy atom. The maximum atomic E-state index is 11.9. The Labute approximate surface area is 120 Å². The molecule has 1 aromatic rings. The minimum Gasteiger partial charge on any atom is -0.267 e. The molecule has 0 heterocycles. The quantitative estimate of drug-likeness (QED) is 0.518. The molecule has 0 radical (unpaired) electrons. The Kier molecular flexibility index (Phi) is 3.51. The van der Waals surface area contributed by atoms with Gasteiger partial charge in [-0.2, -0.15) is 5.10 Å². The number of carbonyl (C=O) groups is 1. The van der Waals surface area contributed by atoms with Gasteiger partial charge in [-0.25, -0.2) is 5.43 Å². The van der Waals surface area contributed by atoms with E-state index in [1.807, 2.05) is 24.4 Å². The summed E-state index contributed by atoms with van der Waals surface area (Å²) < 4.78 is 0.783. The van der Waals surface area contributed by atoms with Gasteiger partial charge in [0.25, 0.3) is 5.91 Å². The molecule has 0 spiro atoms. The van der Waals surface area contributed by atoms with Gasteiger partial charge in [0, 0.05) is 16.6 Å². The average molecular weight is 319 g/mol. The number of hydrogen-bond donors (Lipinski definition) is 1. The summed E-state index contributed by atoms with van der Waals surface area (Å²) in [6.07, 6.45) is 8.88. The molecule has 4 heteroatoms. The number of carbonyl (C=O) groups excluding carboxylic acids is 1.